The van der Waals surface area contributed by atoms with Gasteiger partial charge in [0.05, 0.1) is 0 Å². The van der Waals surface area contributed by atoms with Crippen molar-refractivity contribution in [1.82, 2.24) is 5.32 Å². The zero-order valence-corrected chi connectivity index (χ0v) is 11.9. The summed E-state index contributed by atoms with van der Waals surface area (Å²) >= 11 is 0. The number of hydrogen-bond donors (Lipinski definition) is 1. The number of halogens is 3. The molecule has 0 bridgehead atoms. The molecule has 1 N–H and O–H groups in total. The van der Waals surface area contributed by atoms with Crippen molar-refractivity contribution in [3.8, 4) is 0 Å². The fraction of sp³-hybridized carbons (Fsp3) is 0.500. The molecule has 0 aromatic heterocycles. The van der Waals surface area contributed by atoms with E-state index >= 15 is 0 Å². The van der Waals surface area contributed by atoms with Gasteiger partial charge in [0.25, 0.3) is 0 Å². The van der Waals surface area contributed by atoms with Crippen molar-refractivity contribution in [2.24, 2.45) is 0 Å². The van der Waals surface area contributed by atoms with E-state index < -0.39 is 35.2 Å². The van der Waals surface area contributed by atoms with Gasteiger partial charge >= 0.3 is 6.09 Å². The first-order valence-electron chi connectivity index (χ1n) is 6.21. The van der Waals surface area contributed by atoms with E-state index in [4.69, 9.17) is 4.74 Å². The van der Waals surface area contributed by atoms with Gasteiger partial charge in [-0.3, -0.25) is 0 Å². The number of benzene rings is 1. The molecule has 1 aromatic rings. The van der Waals surface area contributed by atoms with E-state index in [1.807, 2.05) is 0 Å². The van der Waals surface area contributed by atoms with Crippen molar-refractivity contribution in [2.75, 3.05) is 0 Å². The van der Waals surface area contributed by atoms with E-state index in [1.54, 1.807) is 27.7 Å². The van der Waals surface area contributed by atoms with Gasteiger partial charge in [-0.2, -0.15) is 0 Å². The highest BCUT2D eigenvalue weighted by molar-refractivity contribution is 5.68. The normalized spacial score (nSPS) is 12.9. The van der Waals surface area contributed by atoms with Gasteiger partial charge in [-0.1, -0.05) is 0 Å². The van der Waals surface area contributed by atoms with Gasteiger partial charge in [0.2, 0.25) is 0 Å². The number of carbonyl (C=O) groups is 1. The highest BCUT2D eigenvalue weighted by Gasteiger charge is 2.19. The maximum Gasteiger partial charge on any atom is 0.407 e. The van der Waals surface area contributed by atoms with Gasteiger partial charge in [-0.05, 0) is 45.7 Å². The van der Waals surface area contributed by atoms with Crippen LogP contribution in [0, 0.1) is 17.5 Å². The molecular formula is C14H18F3NO2. The summed E-state index contributed by atoms with van der Waals surface area (Å²) in [6.07, 6.45) is -0.615. The van der Waals surface area contributed by atoms with Crippen molar-refractivity contribution in [3.05, 3.63) is 35.1 Å². The van der Waals surface area contributed by atoms with Crippen LogP contribution in [0.15, 0.2) is 12.1 Å². The summed E-state index contributed by atoms with van der Waals surface area (Å²) in [6, 6.07) is 0.798. The summed E-state index contributed by atoms with van der Waals surface area (Å²) in [5.41, 5.74) is -0.649. The van der Waals surface area contributed by atoms with E-state index in [9.17, 15) is 18.0 Å². The molecule has 1 amide bonds. The molecule has 0 radical (unpaired) electrons. The molecule has 112 valence electrons. The maximum absolute atomic E-state index is 13.4. The SMILES string of the molecule is CC(Cc1cc(F)c(F)cc1F)NC(=O)OC(C)(C)C. The van der Waals surface area contributed by atoms with Gasteiger partial charge < -0.3 is 10.1 Å². The number of carbonyl (C=O) groups excluding carboxylic acids is 1. The molecule has 3 nitrogen and oxygen atoms in total. The van der Waals surface area contributed by atoms with Gasteiger partial charge in [0.1, 0.15) is 11.4 Å². The Morgan fingerprint density at radius 2 is 1.75 bits per heavy atom. The number of hydrogen-bond acceptors (Lipinski definition) is 2. The Morgan fingerprint density at radius 1 is 1.20 bits per heavy atom. The Balaban J connectivity index is 2.65. The average molecular weight is 289 g/mol. The third-order valence-electron chi connectivity index (χ3n) is 2.38. The Morgan fingerprint density at radius 3 is 2.30 bits per heavy atom. The first-order chi connectivity index (χ1) is 9.08. The number of nitrogens with one attached hydrogen (secondary N) is 1. The van der Waals surface area contributed by atoms with Crippen LogP contribution in [0.25, 0.3) is 0 Å². The van der Waals surface area contributed by atoms with Gasteiger partial charge in [0, 0.05) is 12.1 Å². The quantitative estimate of drug-likeness (QED) is 0.864. The topological polar surface area (TPSA) is 38.3 Å². The first-order valence-corrected chi connectivity index (χ1v) is 6.21. The van der Waals surface area contributed by atoms with Crippen molar-refractivity contribution >= 4 is 6.09 Å². The molecule has 0 fully saturated rings. The Bertz CT molecular complexity index is 498. The van der Waals surface area contributed by atoms with Crippen LogP contribution < -0.4 is 5.32 Å². The van der Waals surface area contributed by atoms with E-state index in [0.717, 1.165) is 6.07 Å². The minimum Gasteiger partial charge on any atom is -0.444 e. The van der Waals surface area contributed by atoms with Crippen molar-refractivity contribution < 1.29 is 22.7 Å². The van der Waals surface area contributed by atoms with Gasteiger partial charge in [-0.25, -0.2) is 18.0 Å². The van der Waals surface area contributed by atoms with Crippen LogP contribution in [-0.2, 0) is 11.2 Å². The number of alkyl carbamates (subject to hydrolysis) is 1. The Hall–Kier alpha value is -1.72. The molecule has 0 aliphatic heterocycles. The molecule has 0 saturated carbocycles. The van der Waals surface area contributed by atoms with Crippen LogP contribution in [0.2, 0.25) is 0 Å². The lowest BCUT2D eigenvalue weighted by atomic mass is 10.1. The minimum absolute atomic E-state index is 0.00698. The van der Waals surface area contributed by atoms with Gasteiger partial charge in [-0.15, -0.1) is 0 Å². The predicted molar refractivity (Wildman–Crippen MR) is 68.9 cm³/mol. The molecule has 1 unspecified atom stereocenters. The molecule has 0 saturated heterocycles. The first kappa shape index (κ1) is 16.3. The number of rotatable bonds is 3. The van der Waals surface area contributed by atoms with Crippen LogP contribution in [-0.4, -0.2) is 17.7 Å². The highest BCUT2D eigenvalue weighted by Crippen LogP contribution is 2.15. The molecule has 0 heterocycles. The van der Waals surface area contributed by atoms with Crippen molar-refractivity contribution in [1.29, 1.82) is 0 Å². The summed E-state index contributed by atoms with van der Waals surface area (Å²) < 4.78 is 44.3. The molecule has 1 rings (SSSR count). The lowest BCUT2D eigenvalue weighted by molar-refractivity contribution is 0.0508. The molecule has 20 heavy (non-hydrogen) atoms. The average Bonchev–Trinajstić information content (AvgIpc) is 2.22. The fourth-order valence-electron chi connectivity index (χ4n) is 1.61. The lowest BCUT2D eigenvalue weighted by Crippen LogP contribution is -2.38. The van der Waals surface area contributed by atoms with Crippen LogP contribution in [0.4, 0.5) is 18.0 Å². The van der Waals surface area contributed by atoms with Crippen molar-refractivity contribution in [3.63, 3.8) is 0 Å². The third kappa shape index (κ3) is 5.11. The largest absolute Gasteiger partial charge is 0.444 e. The van der Waals surface area contributed by atoms with Crippen LogP contribution >= 0.6 is 0 Å². The van der Waals surface area contributed by atoms with E-state index in [-0.39, 0.29) is 12.0 Å². The summed E-state index contributed by atoms with van der Waals surface area (Å²) in [5.74, 6) is -3.20. The molecule has 0 aliphatic rings. The second-order valence-corrected chi connectivity index (χ2v) is 5.61. The van der Waals surface area contributed by atoms with Crippen LogP contribution in [0.1, 0.15) is 33.3 Å². The number of ether oxygens (including phenoxy) is 1. The molecule has 0 spiro atoms. The molecular weight excluding hydrogens is 271 g/mol. The zero-order valence-electron chi connectivity index (χ0n) is 11.9. The maximum atomic E-state index is 13.4. The summed E-state index contributed by atoms with van der Waals surface area (Å²) in [5, 5.41) is 2.50. The summed E-state index contributed by atoms with van der Waals surface area (Å²) in [4.78, 5) is 11.5. The smallest absolute Gasteiger partial charge is 0.407 e. The third-order valence-corrected chi connectivity index (χ3v) is 2.38. The standard InChI is InChI=1S/C14H18F3NO2/c1-8(18-13(19)20-14(2,3)4)5-9-6-11(16)12(17)7-10(9)15/h6-8H,5H2,1-4H3,(H,18,19). The lowest BCUT2D eigenvalue weighted by Gasteiger charge is -2.22. The Kier molecular flexibility index (Phi) is 5.03. The Labute approximate surface area is 116 Å². The number of amides is 1. The van der Waals surface area contributed by atoms with Crippen LogP contribution in [0.5, 0.6) is 0 Å². The molecule has 0 aliphatic carbocycles. The van der Waals surface area contributed by atoms with E-state index in [2.05, 4.69) is 5.32 Å². The highest BCUT2D eigenvalue weighted by atomic mass is 19.2. The van der Waals surface area contributed by atoms with Gasteiger partial charge in [0.15, 0.2) is 11.6 Å². The minimum atomic E-state index is -1.24. The molecule has 6 heteroatoms. The predicted octanol–water partition coefficient (Wildman–Crippen LogP) is 3.56. The monoisotopic (exact) mass is 289 g/mol. The fourth-order valence-corrected chi connectivity index (χ4v) is 1.61. The summed E-state index contributed by atoms with van der Waals surface area (Å²) in [7, 11) is 0. The van der Waals surface area contributed by atoms with E-state index in [0.29, 0.717) is 6.07 Å². The molecule has 1 atom stereocenters. The second-order valence-electron chi connectivity index (χ2n) is 5.61. The molecule has 1 aromatic carbocycles. The van der Waals surface area contributed by atoms with Crippen molar-refractivity contribution in [2.45, 2.75) is 45.8 Å². The summed E-state index contributed by atoms with van der Waals surface area (Å²) in [6.45, 7) is 6.76. The van der Waals surface area contributed by atoms with Crippen LogP contribution in [0.3, 0.4) is 0 Å². The van der Waals surface area contributed by atoms with E-state index in [1.165, 1.54) is 0 Å². The second kappa shape index (κ2) is 6.15. The zero-order chi connectivity index (χ0) is 15.5.